The normalized spacial score (nSPS) is 18.1. The molecule has 1 fully saturated rings. The molecule has 98 valence electrons. The van der Waals surface area contributed by atoms with Gasteiger partial charge in [-0.25, -0.2) is 0 Å². The van der Waals surface area contributed by atoms with Crippen molar-refractivity contribution in [3.63, 3.8) is 0 Å². The van der Waals surface area contributed by atoms with E-state index in [1.54, 1.807) is 0 Å². The van der Waals surface area contributed by atoms with Crippen LogP contribution in [0.15, 0.2) is 29.4 Å². The van der Waals surface area contributed by atoms with Crippen molar-refractivity contribution in [3.8, 4) is 0 Å². The third kappa shape index (κ3) is 2.72. The van der Waals surface area contributed by atoms with Gasteiger partial charge in [-0.05, 0) is 31.2 Å². The number of thioether (sulfide) groups is 1. The molecule has 0 amide bonds. The lowest BCUT2D eigenvalue weighted by atomic mass is 10.1. The smallest absolute Gasteiger partial charge is 0.172 e. The van der Waals surface area contributed by atoms with Crippen LogP contribution in [0.5, 0.6) is 0 Å². The van der Waals surface area contributed by atoms with Crippen LogP contribution in [-0.4, -0.2) is 35.6 Å². The molecule has 1 aromatic rings. The molecule has 1 heterocycles. The topological polar surface area (TPSA) is 61.8 Å². The first-order chi connectivity index (χ1) is 8.76. The molecule has 18 heavy (non-hydrogen) atoms. The highest BCUT2D eigenvalue weighted by atomic mass is 32.2. The molecule has 0 saturated carbocycles. The summed E-state index contributed by atoms with van der Waals surface area (Å²) in [5, 5.41) is 12.7. The summed E-state index contributed by atoms with van der Waals surface area (Å²) < 4.78 is 0. The highest BCUT2D eigenvalue weighted by Crippen LogP contribution is 2.27. The number of hydrogen-bond acceptors (Lipinski definition) is 4. The van der Waals surface area contributed by atoms with Crippen molar-refractivity contribution >= 4 is 23.3 Å². The molecule has 1 aliphatic rings. The third-order valence-electron chi connectivity index (χ3n) is 3.40. The summed E-state index contributed by atoms with van der Waals surface area (Å²) in [6.07, 6.45) is 4.54. The maximum absolute atomic E-state index is 8.83. The van der Waals surface area contributed by atoms with E-state index >= 15 is 0 Å². The number of anilines is 1. The average molecular weight is 265 g/mol. The predicted molar refractivity (Wildman–Crippen MR) is 77.7 cm³/mol. The predicted octanol–water partition coefficient (Wildman–Crippen LogP) is 2.11. The van der Waals surface area contributed by atoms with Gasteiger partial charge in [0.15, 0.2) is 5.84 Å². The Kier molecular flexibility index (Phi) is 4.36. The van der Waals surface area contributed by atoms with Crippen molar-refractivity contribution in [2.24, 2.45) is 10.9 Å². The number of oxime groups is 1. The van der Waals surface area contributed by atoms with Crippen LogP contribution in [0.4, 0.5) is 5.69 Å². The zero-order valence-electron chi connectivity index (χ0n) is 10.5. The van der Waals surface area contributed by atoms with Gasteiger partial charge >= 0.3 is 0 Å². The van der Waals surface area contributed by atoms with Gasteiger partial charge in [0, 0.05) is 29.6 Å². The standard InChI is InChI=1S/C13H19N3OS/c1-18-10-6-8-16(9-7-10)12-5-3-2-4-11(12)13(14)15-17/h2-5,10,17H,6-9H2,1H3,(H2,14,15). The summed E-state index contributed by atoms with van der Waals surface area (Å²) in [5.74, 6) is 0.178. The minimum Gasteiger partial charge on any atom is -0.409 e. The van der Waals surface area contributed by atoms with E-state index in [1.807, 2.05) is 36.0 Å². The lowest BCUT2D eigenvalue weighted by Crippen LogP contribution is -2.36. The summed E-state index contributed by atoms with van der Waals surface area (Å²) in [7, 11) is 0. The maximum atomic E-state index is 8.83. The van der Waals surface area contributed by atoms with Gasteiger partial charge in [-0.3, -0.25) is 0 Å². The molecule has 1 aromatic carbocycles. The summed E-state index contributed by atoms with van der Waals surface area (Å²) in [4.78, 5) is 2.32. The number of piperidine rings is 1. The Morgan fingerprint density at radius 3 is 2.67 bits per heavy atom. The molecular formula is C13H19N3OS. The number of nitrogens with zero attached hydrogens (tertiary/aromatic N) is 2. The van der Waals surface area contributed by atoms with Gasteiger partial charge < -0.3 is 15.8 Å². The number of benzene rings is 1. The van der Waals surface area contributed by atoms with E-state index < -0.39 is 0 Å². The minimum absolute atomic E-state index is 0.178. The molecule has 0 radical (unpaired) electrons. The largest absolute Gasteiger partial charge is 0.409 e. The highest BCUT2D eigenvalue weighted by Gasteiger charge is 2.20. The highest BCUT2D eigenvalue weighted by molar-refractivity contribution is 7.99. The van der Waals surface area contributed by atoms with E-state index in [0.29, 0.717) is 0 Å². The molecule has 0 aliphatic carbocycles. The fraction of sp³-hybridized carbons (Fsp3) is 0.462. The van der Waals surface area contributed by atoms with Gasteiger partial charge in [0.1, 0.15) is 0 Å². The van der Waals surface area contributed by atoms with E-state index in [9.17, 15) is 0 Å². The molecule has 0 atom stereocenters. The first-order valence-electron chi connectivity index (χ1n) is 6.11. The molecule has 1 aliphatic heterocycles. The van der Waals surface area contributed by atoms with E-state index in [-0.39, 0.29) is 5.84 Å². The number of hydrogen-bond donors (Lipinski definition) is 2. The molecule has 1 saturated heterocycles. The van der Waals surface area contributed by atoms with Crippen molar-refractivity contribution in [2.45, 2.75) is 18.1 Å². The van der Waals surface area contributed by atoms with Gasteiger partial charge in [-0.1, -0.05) is 17.3 Å². The number of rotatable bonds is 3. The summed E-state index contributed by atoms with van der Waals surface area (Å²) >= 11 is 1.94. The van der Waals surface area contributed by atoms with Crippen molar-refractivity contribution in [1.29, 1.82) is 0 Å². The van der Waals surface area contributed by atoms with Crippen molar-refractivity contribution < 1.29 is 5.21 Å². The summed E-state index contributed by atoms with van der Waals surface area (Å²) in [5.41, 5.74) is 7.59. The van der Waals surface area contributed by atoms with Crippen LogP contribution in [0.1, 0.15) is 18.4 Å². The second-order valence-corrected chi connectivity index (χ2v) is 5.56. The second kappa shape index (κ2) is 6.00. The zero-order chi connectivity index (χ0) is 13.0. The third-order valence-corrected chi connectivity index (χ3v) is 4.54. The molecular weight excluding hydrogens is 246 g/mol. The monoisotopic (exact) mass is 265 g/mol. The van der Waals surface area contributed by atoms with Crippen LogP contribution in [0.3, 0.4) is 0 Å². The molecule has 3 N–H and O–H groups in total. The van der Waals surface area contributed by atoms with E-state index in [2.05, 4.69) is 16.3 Å². The molecule has 0 spiro atoms. The molecule has 4 nitrogen and oxygen atoms in total. The van der Waals surface area contributed by atoms with Crippen molar-refractivity contribution in [1.82, 2.24) is 0 Å². The Hall–Kier alpha value is -1.36. The molecule has 0 unspecified atom stereocenters. The fourth-order valence-corrected chi connectivity index (χ4v) is 3.03. The van der Waals surface area contributed by atoms with Gasteiger partial charge in [-0.2, -0.15) is 11.8 Å². The lowest BCUT2D eigenvalue weighted by Gasteiger charge is -2.34. The van der Waals surface area contributed by atoms with Crippen LogP contribution in [0, 0.1) is 0 Å². The Bertz CT molecular complexity index is 428. The van der Waals surface area contributed by atoms with Crippen molar-refractivity contribution in [3.05, 3.63) is 29.8 Å². The Labute approximate surface area is 112 Å². The Balaban J connectivity index is 2.19. The molecule has 0 aromatic heterocycles. The number of amidine groups is 1. The van der Waals surface area contributed by atoms with E-state index in [4.69, 9.17) is 10.9 Å². The Morgan fingerprint density at radius 2 is 2.06 bits per heavy atom. The van der Waals surface area contributed by atoms with Gasteiger partial charge in [0.25, 0.3) is 0 Å². The van der Waals surface area contributed by atoms with Gasteiger partial charge in [-0.15, -0.1) is 0 Å². The van der Waals surface area contributed by atoms with Gasteiger partial charge in [0.05, 0.1) is 0 Å². The molecule has 0 bridgehead atoms. The Morgan fingerprint density at radius 1 is 1.39 bits per heavy atom. The second-order valence-electron chi connectivity index (χ2n) is 4.42. The van der Waals surface area contributed by atoms with Crippen LogP contribution in [0.2, 0.25) is 0 Å². The fourth-order valence-electron chi connectivity index (χ4n) is 2.35. The SMILES string of the molecule is CSC1CCN(c2ccccc2/C(N)=N/O)CC1. The number of nitrogens with two attached hydrogens (primary N) is 1. The van der Waals surface area contributed by atoms with E-state index in [1.165, 1.54) is 12.8 Å². The zero-order valence-corrected chi connectivity index (χ0v) is 11.4. The van der Waals surface area contributed by atoms with Crippen LogP contribution in [0.25, 0.3) is 0 Å². The van der Waals surface area contributed by atoms with Gasteiger partial charge in [0.2, 0.25) is 0 Å². The summed E-state index contributed by atoms with van der Waals surface area (Å²) in [6, 6.07) is 7.83. The van der Waals surface area contributed by atoms with Crippen LogP contribution < -0.4 is 10.6 Å². The first-order valence-corrected chi connectivity index (χ1v) is 7.39. The summed E-state index contributed by atoms with van der Waals surface area (Å²) in [6.45, 7) is 2.06. The lowest BCUT2D eigenvalue weighted by molar-refractivity contribution is 0.318. The quantitative estimate of drug-likeness (QED) is 0.380. The first kappa shape index (κ1) is 13.1. The maximum Gasteiger partial charge on any atom is 0.172 e. The van der Waals surface area contributed by atoms with E-state index in [0.717, 1.165) is 29.6 Å². The van der Waals surface area contributed by atoms with Crippen LogP contribution in [-0.2, 0) is 0 Å². The van der Waals surface area contributed by atoms with Crippen molar-refractivity contribution in [2.75, 3.05) is 24.2 Å². The molecule has 5 heteroatoms. The minimum atomic E-state index is 0.178. The van der Waals surface area contributed by atoms with Crippen LogP contribution >= 0.6 is 11.8 Å². The average Bonchev–Trinajstić information content (AvgIpc) is 2.46. The molecule has 2 rings (SSSR count). The number of para-hydroxylation sites is 1.